The van der Waals surface area contributed by atoms with Crippen LogP contribution in [-0.4, -0.2) is 44.8 Å². The smallest absolute Gasteiger partial charge is 0.317 e. The lowest BCUT2D eigenvalue weighted by Crippen LogP contribution is -2.46. The Bertz CT molecular complexity index is 502. The predicted octanol–water partition coefficient (Wildman–Crippen LogP) is 1.91. The number of likely N-dealkylation sites (tertiary alicyclic amines) is 1. The van der Waals surface area contributed by atoms with E-state index in [0.29, 0.717) is 5.92 Å². The molecule has 1 aromatic rings. The first kappa shape index (κ1) is 14.4. The van der Waals surface area contributed by atoms with Crippen LogP contribution in [0.5, 0.6) is 0 Å². The number of piperidine rings is 1. The van der Waals surface area contributed by atoms with E-state index < -0.39 is 0 Å². The van der Waals surface area contributed by atoms with Gasteiger partial charge >= 0.3 is 6.03 Å². The van der Waals surface area contributed by atoms with E-state index in [4.69, 9.17) is 0 Å². The molecular weight excluding hydrogens is 266 g/mol. The summed E-state index contributed by atoms with van der Waals surface area (Å²) >= 11 is 0. The first-order valence-electron chi connectivity index (χ1n) is 8.12. The number of nitrogens with one attached hydrogen (secondary N) is 1. The summed E-state index contributed by atoms with van der Waals surface area (Å²) in [6.07, 6.45) is 5.50. The summed E-state index contributed by atoms with van der Waals surface area (Å²) in [4.78, 5) is 13.9. The predicted molar refractivity (Wildman–Crippen MR) is 80.2 cm³/mol. The van der Waals surface area contributed by atoms with Gasteiger partial charge in [0.15, 0.2) is 0 Å². The molecule has 0 saturated carbocycles. The Morgan fingerprint density at radius 2 is 1.95 bits per heavy atom. The number of rotatable bonds is 2. The maximum atomic E-state index is 12.0. The van der Waals surface area contributed by atoms with Gasteiger partial charge in [0.05, 0.1) is 0 Å². The van der Waals surface area contributed by atoms with Gasteiger partial charge in [-0.2, -0.15) is 0 Å². The Kier molecular flexibility index (Phi) is 4.12. The van der Waals surface area contributed by atoms with Gasteiger partial charge in [0, 0.05) is 38.0 Å². The lowest BCUT2D eigenvalue weighted by molar-refractivity contribution is 0.177. The Morgan fingerprint density at radius 1 is 1.19 bits per heavy atom. The number of fused-ring (bicyclic) bond motifs is 1. The van der Waals surface area contributed by atoms with Gasteiger partial charge in [-0.25, -0.2) is 4.79 Å². The third-order valence-corrected chi connectivity index (χ3v) is 4.45. The largest absolute Gasteiger partial charge is 0.336 e. The van der Waals surface area contributed by atoms with Crippen LogP contribution in [-0.2, 0) is 13.0 Å². The van der Waals surface area contributed by atoms with E-state index in [9.17, 15) is 4.79 Å². The van der Waals surface area contributed by atoms with E-state index in [0.717, 1.165) is 50.5 Å². The molecule has 0 spiro atoms. The van der Waals surface area contributed by atoms with Crippen LogP contribution in [0.25, 0.3) is 0 Å². The number of nitrogens with zero attached hydrogens (tertiary/aromatic N) is 4. The summed E-state index contributed by atoms with van der Waals surface area (Å²) in [6, 6.07) is 0.255. The molecule has 0 unspecified atom stereocenters. The number of aromatic nitrogens is 3. The molecule has 1 N–H and O–H groups in total. The molecule has 0 aromatic carbocycles. The molecule has 6 nitrogen and oxygen atoms in total. The fraction of sp³-hybridized carbons (Fsp3) is 0.800. The number of hydrogen-bond donors (Lipinski definition) is 1. The average Bonchev–Trinajstić information content (AvgIpc) is 2.90. The molecular formula is C15H25N5O. The van der Waals surface area contributed by atoms with Crippen LogP contribution in [0.2, 0.25) is 0 Å². The van der Waals surface area contributed by atoms with Crippen molar-refractivity contribution in [3.8, 4) is 0 Å². The van der Waals surface area contributed by atoms with Crippen molar-refractivity contribution in [2.75, 3.05) is 13.1 Å². The molecule has 21 heavy (non-hydrogen) atoms. The molecule has 0 bridgehead atoms. The highest BCUT2D eigenvalue weighted by Crippen LogP contribution is 2.29. The average molecular weight is 291 g/mol. The third-order valence-electron chi connectivity index (χ3n) is 4.45. The SMILES string of the molecule is CC(C)NC(=O)N1CCC(c2nnc3n2CCCC3)CC1. The summed E-state index contributed by atoms with van der Waals surface area (Å²) < 4.78 is 2.32. The molecule has 1 saturated heterocycles. The molecule has 1 aromatic heterocycles. The number of hydrogen-bond acceptors (Lipinski definition) is 3. The van der Waals surface area contributed by atoms with Crippen LogP contribution in [0, 0.1) is 0 Å². The Labute approximate surface area is 125 Å². The fourth-order valence-corrected chi connectivity index (χ4v) is 3.31. The van der Waals surface area contributed by atoms with E-state index in [2.05, 4.69) is 20.1 Å². The maximum absolute atomic E-state index is 12.0. The third kappa shape index (κ3) is 3.04. The molecule has 1 fully saturated rings. The summed E-state index contributed by atoms with van der Waals surface area (Å²) in [6.45, 7) is 6.67. The van der Waals surface area contributed by atoms with Gasteiger partial charge in [0.2, 0.25) is 0 Å². The molecule has 3 rings (SSSR count). The highest BCUT2D eigenvalue weighted by atomic mass is 16.2. The van der Waals surface area contributed by atoms with E-state index in [1.165, 1.54) is 12.8 Å². The van der Waals surface area contributed by atoms with Gasteiger partial charge in [-0.15, -0.1) is 10.2 Å². The van der Waals surface area contributed by atoms with Crippen molar-refractivity contribution in [1.29, 1.82) is 0 Å². The van der Waals surface area contributed by atoms with Crippen LogP contribution in [0.15, 0.2) is 0 Å². The topological polar surface area (TPSA) is 63.1 Å². The molecule has 3 heterocycles. The number of carbonyl (C=O) groups excluding carboxylic acids is 1. The summed E-state index contributed by atoms with van der Waals surface area (Å²) in [5, 5.41) is 11.7. The maximum Gasteiger partial charge on any atom is 0.317 e. The highest BCUT2D eigenvalue weighted by molar-refractivity contribution is 5.74. The van der Waals surface area contributed by atoms with Crippen LogP contribution in [0.1, 0.15) is 57.1 Å². The zero-order valence-electron chi connectivity index (χ0n) is 13.0. The second-order valence-corrected chi connectivity index (χ2v) is 6.45. The number of urea groups is 1. The molecule has 2 aliphatic rings. The van der Waals surface area contributed by atoms with Gasteiger partial charge in [-0.1, -0.05) is 0 Å². The van der Waals surface area contributed by atoms with Crippen molar-refractivity contribution in [3.63, 3.8) is 0 Å². The van der Waals surface area contributed by atoms with Crippen molar-refractivity contribution in [2.24, 2.45) is 0 Å². The van der Waals surface area contributed by atoms with Crippen LogP contribution < -0.4 is 5.32 Å². The fourth-order valence-electron chi connectivity index (χ4n) is 3.31. The summed E-state index contributed by atoms with van der Waals surface area (Å²) in [5.41, 5.74) is 0. The van der Waals surface area contributed by atoms with Crippen molar-refractivity contribution in [2.45, 2.75) is 64.5 Å². The Balaban J connectivity index is 1.61. The number of amides is 2. The van der Waals surface area contributed by atoms with Crippen molar-refractivity contribution >= 4 is 6.03 Å². The van der Waals surface area contributed by atoms with Crippen LogP contribution in [0.4, 0.5) is 4.79 Å². The lowest BCUT2D eigenvalue weighted by Gasteiger charge is -2.32. The second-order valence-electron chi connectivity index (χ2n) is 6.45. The minimum Gasteiger partial charge on any atom is -0.336 e. The number of aryl methyl sites for hydroxylation is 1. The zero-order valence-corrected chi connectivity index (χ0v) is 13.0. The standard InChI is InChI=1S/C15H25N5O/c1-11(2)16-15(21)19-9-6-12(7-10-19)14-18-17-13-5-3-4-8-20(13)14/h11-12H,3-10H2,1-2H3,(H,16,21). The van der Waals surface area contributed by atoms with Crippen molar-refractivity contribution in [3.05, 3.63) is 11.6 Å². The quantitative estimate of drug-likeness (QED) is 0.905. The minimum absolute atomic E-state index is 0.0618. The normalized spacial score (nSPS) is 19.7. The van der Waals surface area contributed by atoms with Gasteiger partial charge in [0.25, 0.3) is 0 Å². The molecule has 6 heteroatoms. The van der Waals surface area contributed by atoms with Crippen LogP contribution >= 0.6 is 0 Å². The van der Waals surface area contributed by atoms with Crippen molar-refractivity contribution < 1.29 is 4.79 Å². The molecule has 2 amide bonds. The molecule has 0 radical (unpaired) electrons. The molecule has 0 aliphatic carbocycles. The van der Waals surface area contributed by atoms with E-state index in [1.54, 1.807) is 0 Å². The Hall–Kier alpha value is -1.59. The highest BCUT2D eigenvalue weighted by Gasteiger charge is 2.28. The zero-order chi connectivity index (χ0) is 14.8. The van der Waals surface area contributed by atoms with E-state index in [1.807, 2.05) is 18.7 Å². The van der Waals surface area contributed by atoms with Crippen LogP contribution in [0.3, 0.4) is 0 Å². The minimum atomic E-state index is 0.0618. The van der Waals surface area contributed by atoms with Gasteiger partial charge in [-0.3, -0.25) is 0 Å². The van der Waals surface area contributed by atoms with E-state index in [-0.39, 0.29) is 12.1 Å². The van der Waals surface area contributed by atoms with Gasteiger partial charge < -0.3 is 14.8 Å². The summed E-state index contributed by atoms with van der Waals surface area (Å²) in [7, 11) is 0. The first-order chi connectivity index (χ1) is 10.1. The summed E-state index contributed by atoms with van der Waals surface area (Å²) in [5.74, 6) is 2.75. The van der Waals surface area contributed by atoms with Crippen molar-refractivity contribution in [1.82, 2.24) is 25.0 Å². The van der Waals surface area contributed by atoms with E-state index >= 15 is 0 Å². The van der Waals surface area contributed by atoms with Gasteiger partial charge in [0.1, 0.15) is 11.6 Å². The molecule has 116 valence electrons. The first-order valence-corrected chi connectivity index (χ1v) is 8.12. The number of carbonyl (C=O) groups is 1. The Morgan fingerprint density at radius 3 is 2.67 bits per heavy atom. The monoisotopic (exact) mass is 291 g/mol. The molecule has 2 aliphatic heterocycles. The van der Waals surface area contributed by atoms with Gasteiger partial charge in [-0.05, 0) is 39.5 Å². The molecule has 0 atom stereocenters. The lowest BCUT2D eigenvalue weighted by atomic mass is 9.95. The second kappa shape index (κ2) is 6.03.